The van der Waals surface area contributed by atoms with Crippen LogP contribution in [0.25, 0.3) is 21.9 Å². The highest BCUT2D eigenvalue weighted by Crippen LogP contribution is 2.38. The number of hydrogen-bond donors (Lipinski definition) is 3. The van der Waals surface area contributed by atoms with Crippen LogP contribution in [-0.2, 0) is 0 Å². The molecule has 222 valence electrons. The van der Waals surface area contributed by atoms with Gasteiger partial charge in [-0.05, 0) is 56.0 Å². The third-order valence-electron chi connectivity index (χ3n) is 8.21. The summed E-state index contributed by atoms with van der Waals surface area (Å²) in [7, 11) is 3.88. The standard InChI is InChI=1S/C30H39N9O2S/c1-36-9-11-37(12-10-36)8-3-17-41-26-19-24-23(18-25(26)40-2)27-28(35-24)32-20-33-29(27)38-13-15-39(16-14-38)30(42)34-22-6-4-21(31)5-7-22/h4-7,18-20H,3,8-17,31H2,1-2H3,(H,34,42)(H,32,33,35)/p+1. The lowest BCUT2D eigenvalue weighted by molar-refractivity contribution is -0.367. The van der Waals surface area contributed by atoms with E-state index in [2.05, 4.69) is 53.0 Å². The van der Waals surface area contributed by atoms with E-state index in [-0.39, 0.29) is 0 Å². The molecule has 12 heteroatoms. The summed E-state index contributed by atoms with van der Waals surface area (Å²) >= 11 is 5.70. The maximum Gasteiger partial charge on any atom is 0.234 e. The SMILES string of the molecule is COc1cc2c(cc1OCCCN1CCN(C)CC1)[nH]c1nc[nH+]c(N3CCN(C(=S)Nc4ccc(N)cc4)CC3)c12. The fraction of sp³-hybridized carbons (Fsp3) is 0.433. The van der Waals surface area contributed by atoms with Crippen molar-refractivity contribution in [2.24, 2.45) is 0 Å². The van der Waals surface area contributed by atoms with Gasteiger partial charge in [0.1, 0.15) is 5.39 Å². The van der Waals surface area contributed by atoms with Gasteiger partial charge in [0.2, 0.25) is 17.8 Å². The van der Waals surface area contributed by atoms with E-state index in [0.29, 0.717) is 6.61 Å². The number of anilines is 3. The number of aromatic amines is 2. The maximum absolute atomic E-state index is 6.22. The second-order valence-electron chi connectivity index (χ2n) is 11.0. The molecule has 0 radical (unpaired) electrons. The van der Waals surface area contributed by atoms with Crippen molar-refractivity contribution in [3.05, 3.63) is 42.7 Å². The van der Waals surface area contributed by atoms with Crippen LogP contribution in [0.3, 0.4) is 0 Å². The Hall–Kier alpha value is -3.87. The van der Waals surface area contributed by atoms with Gasteiger partial charge in [-0.1, -0.05) is 4.98 Å². The van der Waals surface area contributed by atoms with E-state index in [1.807, 2.05) is 30.3 Å². The number of nitrogens with two attached hydrogens (primary N) is 1. The van der Waals surface area contributed by atoms with Gasteiger partial charge in [0.15, 0.2) is 16.6 Å². The molecular formula is C30H40N9O2S+. The summed E-state index contributed by atoms with van der Waals surface area (Å²) in [6.45, 7) is 9.43. The van der Waals surface area contributed by atoms with Gasteiger partial charge in [-0.3, -0.25) is 4.90 Å². The van der Waals surface area contributed by atoms with E-state index in [4.69, 9.17) is 27.4 Å². The molecule has 42 heavy (non-hydrogen) atoms. The smallest absolute Gasteiger partial charge is 0.234 e. The topological polar surface area (TPSA) is 112 Å². The number of thiocarbonyl (C=S) groups is 1. The van der Waals surface area contributed by atoms with Crippen LogP contribution in [0.1, 0.15) is 6.42 Å². The number of rotatable bonds is 8. The molecule has 0 spiro atoms. The summed E-state index contributed by atoms with van der Waals surface area (Å²) in [6, 6.07) is 11.7. The third-order valence-corrected chi connectivity index (χ3v) is 8.57. The number of benzene rings is 2. The largest absolute Gasteiger partial charge is 0.493 e. The van der Waals surface area contributed by atoms with Crippen LogP contribution in [0, 0.1) is 0 Å². The molecule has 2 aromatic carbocycles. The van der Waals surface area contributed by atoms with Gasteiger partial charge in [0.05, 0.1) is 45.4 Å². The first-order chi connectivity index (χ1) is 20.5. The zero-order valence-corrected chi connectivity index (χ0v) is 25.2. The molecule has 2 aliphatic heterocycles. The van der Waals surface area contributed by atoms with Gasteiger partial charge in [-0.15, -0.1) is 0 Å². The maximum atomic E-state index is 6.22. The lowest BCUT2D eigenvalue weighted by atomic mass is 10.1. The first-order valence-electron chi connectivity index (χ1n) is 14.6. The van der Waals surface area contributed by atoms with Gasteiger partial charge < -0.3 is 40.2 Å². The molecular weight excluding hydrogens is 550 g/mol. The molecule has 2 fully saturated rings. The van der Waals surface area contributed by atoms with E-state index in [9.17, 15) is 0 Å². The first kappa shape index (κ1) is 28.3. The van der Waals surface area contributed by atoms with E-state index in [1.165, 1.54) is 0 Å². The van der Waals surface area contributed by atoms with E-state index >= 15 is 0 Å². The number of ether oxygens (including phenoxy) is 2. The van der Waals surface area contributed by atoms with Crippen molar-refractivity contribution in [3.8, 4) is 11.5 Å². The number of nitrogen functional groups attached to an aromatic ring is 1. The summed E-state index contributed by atoms with van der Waals surface area (Å²) < 4.78 is 12.0. The van der Waals surface area contributed by atoms with Gasteiger partial charge in [-0.2, -0.15) is 0 Å². The van der Waals surface area contributed by atoms with Crippen molar-refractivity contribution >= 4 is 56.5 Å². The van der Waals surface area contributed by atoms with Crippen molar-refractivity contribution in [2.45, 2.75) is 6.42 Å². The fourth-order valence-electron chi connectivity index (χ4n) is 5.72. The Bertz CT molecular complexity index is 1530. The number of nitrogens with zero attached hydrogens (tertiary/aromatic N) is 5. The highest BCUT2D eigenvalue weighted by atomic mass is 32.1. The van der Waals surface area contributed by atoms with Crippen molar-refractivity contribution in [3.63, 3.8) is 0 Å². The lowest BCUT2D eigenvalue weighted by Crippen LogP contribution is -2.51. The molecule has 0 bridgehead atoms. The third kappa shape index (κ3) is 6.15. The Morgan fingerprint density at radius 1 is 1.05 bits per heavy atom. The average Bonchev–Trinajstić information content (AvgIpc) is 3.38. The van der Waals surface area contributed by atoms with E-state index in [0.717, 1.165) is 121 Å². The molecule has 2 aliphatic rings. The molecule has 0 unspecified atom stereocenters. The number of aromatic nitrogens is 3. The molecule has 4 heterocycles. The summed E-state index contributed by atoms with van der Waals surface area (Å²) in [5, 5.41) is 6.14. The van der Waals surface area contributed by atoms with Gasteiger partial charge in [0, 0.05) is 55.6 Å². The second kappa shape index (κ2) is 12.6. The summed E-state index contributed by atoms with van der Waals surface area (Å²) in [5.41, 5.74) is 9.28. The van der Waals surface area contributed by atoms with Crippen LogP contribution in [0.2, 0.25) is 0 Å². The van der Waals surface area contributed by atoms with Gasteiger partial charge in [-0.25, -0.2) is 4.98 Å². The molecule has 0 amide bonds. The number of piperazine rings is 2. The van der Waals surface area contributed by atoms with Crippen molar-refractivity contribution in [1.29, 1.82) is 0 Å². The minimum Gasteiger partial charge on any atom is -0.493 e. The van der Waals surface area contributed by atoms with Crippen LogP contribution in [-0.4, -0.2) is 109 Å². The van der Waals surface area contributed by atoms with E-state index in [1.54, 1.807) is 13.4 Å². The predicted molar refractivity (Wildman–Crippen MR) is 172 cm³/mol. The summed E-state index contributed by atoms with van der Waals surface area (Å²) in [6.07, 6.45) is 2.73. The zero-order chi connectivity index (χ0) is 29.1. The molecule has 6 rings (SSSR count). The lowest BCUT2D eigenvalue weighted by Gasteiger charge is -2.34. The summed E-state index contributed by atoms with van der Waals surface area (Å²) in [4.78, 5) is 21.0. The van der Waals surface area contributed by atoms with Gasteiger partial charge >= 0.3 is 0 Å². The molecule has 0 saturated carbocycles. The van der Waals surface area contributed by atoms with Gasteiger partial charge in [0.25, 0.3) is 0 Å². The van der Waals surface area contributed by atoms with Crippen LogP contribution < -0.4 is 30.4 Å². The molecule has 5 N–H and O–H groups in total. The Labute approximate surface area is 251 Å². The zero-order valence-electron chi connectivity index (χ0n) is 24.4. The molecule has 4 aromatic rings. The van der Waals surface area contributed by atoms with Crippen LogP contribution in [0.5, 0.6) is 11.5 Å². The molecule has 2 saturated heterocycles. The van der Waals surface area contributed by atoms with Crippen molar-refractivity contribution < 1.29 is 14.5 Å². The van der Waals surface area contributed by atoms with Crippen LogP contribution >= 0.6 is 12.2 Å². The molecule has 2 aromatic heterocycles. The second-order valence-corrected chi connectivity index (χ2v) is 11.4. The number of likely N-dealkylation sites (N-methyl/N-ethyl adjacent to an activating group) is 1. The van der Waals surface area contributed by atoms with E-state index < -0.39 is 0 Å². The average molecular weight is 591 g/mol. The van der Waals surface area contributed by atoms with Crippen LogP contribution in [0.15, 0.2) is 42.7 Å². The minimum absolute atomic E-state index is 0.644. The van der Waals surface area contributed by atoms with Crippen LogP contribution in [0.4, 0.5) is 17.2 Å². The molecule has 0 atom stereocenters. The fourth-order valence-corrected chi connectivity index (χ4v) is 6.02. The Morgan fingerprint density at radius 3 is 2.55 bits per heavy atom. The summed E-state index contributed by atoms with van der Waals surface area (Å²) in [5.74, 6) is 2.50. The Balaban J connectivity index is 1.13. The highest BCUT2D eigenvalue weighted by molar-refractivity contribution is 7.80. The quantitative estimate of drug-likeness (QED) is 0.161. The molecule has 11 nitrogen and oxygen atoms in total. The predicted octanol–water partition coefficient (Wildman–Crippen LogP) is 2.66. The van der Waals surface area contributed by atoms with Crippen molar-refractivity contribution in [2.75, 3.05) is 95.6 Å². The number of methoxy groups -OCH3 is 1. The number of H-pyrrole nitrogens is 2. The monoisotopic (exact) mass is 590 g/mol. The highest BCUT2D eigenvalue weighted by Gasteiger charge is 2.28. The number of nitrogens with one attached hydrogen (secondary N) is 3. The minimum atomic E-state index is 0.644. The normalized spacial score (nSPS) is 16.7. The number of fused-ring (bicyclic) bond motifs is 3. The first-order valence-corrected chi connectivity index (χ1v) is 15.0. The van der Waals surface area contributed by atoms with Crippen molar-refractivity contribution in [1.82, 2.24) is 24.7 Å². The Kier molecular flexibility index (Phi) is 8.45. The number of hydrogen-bond acceptors (Lipinski definition) is 8. The Morgan fingerprint density at radius 2 is 1.81 bits per heavy atom. The molecule has 0 aliphatic carbocycles.